The van der Waals surface area contributed by atoms with Crippen molar-refractivity contribution >= 4 is 0 Å². The highest BCUT2D eigenvalue weighted by molar-refractivity contribution is 5.47. The predicted molar refractivity (Wildman–Crippen MR) is 182 cm³/mol. The first-order chi connectivity index (χ1) is 21.8. The Hall–Kier alpha value is -2.48. The molecule has 0 radical (unpaired) electrons. The summed E-state index contributed by atoms with van der Waals surface area (Å²) in [5, 5.41) is 0. The summed E-state index contributed by atoms with van der Waals surface area (Å²) in [4.78, 5) is 5.92. The van der Waals surface area contributed by atoms with Crippen LogP contribution in [0, 0.1) is 29.6 Å². The Morgan fingerprint density at radius 3 is 2.52 bits per heavy atom. The topological polar surface area (TPSA) is 6.48 Å². The van der Waals surface area contributed by atoms with Crippen molar-refractivity contribution in [1.29, 1.82) is 0 Å². The van der Waals surface area contributed by atoms with Crippen LogP contribution in [-0.2, 0) is 0 Å². The van der Waals surface area contributed by atoms with Gasteiger partial charge in [0.15, 0.2) is 0 Å². The van der Waals surface area contributed by atoms with Gasteiger partial charge in [0.25, 0.3) is 0 Å². The minimum Gasteiger partial charge on any atom is -0.366 e. The third kappa shape index (κ3) is 4.72. The Bertz CT molecular complexity index is 1390. The summed E-state index contributed by atoms with van der Waals surface area (Å²) in [6.07, 6.45) is 49.5. The molecule has 232 valence electrons. The molecule has 44 heavy (non-hydrogen) atoms. The highest BCUT2D eigenvalue weighted by atomic mass is 15.3. The molecule has 0 aromatic carbocycles. The molecule has 2 heterocycles. The fourth-order valence-electron chi connectivity index (χ4n) is 11.5. The third-order valence-corrected chi connectivity index (χ3v) is 13.5. The van der Waals surface area contributed by atoms with E-state index in [-0.39, 0.29) is 0 Å². The minimum absolute atomic E-state index is 0.577. The highest BCUT2D eigenvalue weighted by Crippen LogP contribution is 2.60. The van der Waals surface area contributed by atoms with Crippen LogP contribution in [0.25, 0.3) is 0 Å². The summed E-state index contributed by atoms with van der Waals surface area (Å²) in [7, 11) is 0. The standard InChI is InChI=1S/C42H54N2/c1-3-12-29(13-4-1)30-22-24-34(25-23-30)43(33-15-5-2-6-16-33)35-17-11-14-31(26-35)32-27-38-36-18-7-9-20-40(36)44-41-21-10-8-19-37(41)39(28-32)42(38)44/h1,3,7,11-12,15,17-18,21,28,30-31,34-35,37-39,42H,2,4-6,8-10,13-14,16,19-20,22-27H2. The molecule has 0 amide bonds. The average molecular weight is 587 g/mol. The zero-order valence-corrected chi connectivity index (χ0v) is 27.0. The molecule has 2 fully saturated rings. The predicted octanol–water partition coefficient (Wildman–Crippen LogP) is 10.5. The van der Waals surface area contributed by atoms with Gasteiger partial charge in [-0.1, -0.05) is 71.9 Å². The van der Waals surface area contributed by atoms with Gasteiger partial charge in [-0.25, -0.2) is 0 Å². The second-order valence-corrected chi connectivity index (χ2v) is 15.7. The van der Waals surface area contributed by atoms with Gasteiger partial charge in [-0.3, -0.25) is 0 Å². The molecule has 9 aliphatic rings. The lowest BCUT2D eigenvalue weighted by Gasteiger charge is -2.47. The maximum Gasteiger partial charge on any atom is 0.0478 e. The van der Waals surface area contributed by atoms with Crippen molar-refractivity contribution < 1.29 is 0 Å². The van der Waals surface area contributed by atoms with Gasteiger partial charge in [0, 0.05) is 53.0 Å². The molecule has 1 saturated heterocycles. The van der Waals surface area contributed by atoms with Crippen LogP contribution in [0.15, 0.2) is 94.6 Å². The Morgan fingerprint density at radius 2 is 1.66 bits per heavy atom. The quantitative estimate of drug-likeness (QED) is 0.296. The van der Waals surface area contributed by atoms with Crippen molar-refractivity contribution in [3.8, 4) is 0 Å². The van der Waals surface area contributed by atoms with E-state index in [9.17, 15) is 0 Å². The lowest BCUT2D eigenvalue weighted by atomic mass is 9.67. The first-order valence-corrected chi connectivity index (χ1v) is 18.9. The SMILES string of the molecule is C1=CCCC(C2CCC(N(C3=CCCCC3)C3C=CCC(C4=CC5C6CCCC=C6N6C7=C(C=CCC7)C(C4)C56)C3)CC2)=C1. The van der Waals surface area contributed by atoms with Crippen LogP contribution in [0.5, 0.6) is 0 Å². The molecular formula is C42H54N2. The van der Waals surface area contributed by atoms with Crippen molar-refractivity contribution in [1.82, 2.24) is 9.80 Å². The maximum absolute atomic E-state index is 3.01. The van der Waals surface area contributed by atoms with E-state index in [4.69, 9.17) is 0 Å². The fourth-order valence-corrected chi connectivity index (χ4v) is 11.5. The molecule has 6 atom stereocenters. The molecule has 0 spiro atoms. The summed E-state index contributed by atoms with van der Waals surface area (Å²) >= 11 is 0. The number of hydrogen-bond donors (Lipinski definition) is 0. The maximum atomic E-state index is 3.01. The van der Waals surface area contributed by atoms with E-state index in [1.807, 2.05) is 5.57 Å². The monoisotopic (exact) mass is 586 g/mol. The number of nitrogens with zero attached hydrogens (tertiary/aromatic N) is 2. The lowest BCUT2D eigenvalue weighted by Crippen LogP contribution is -2.46. The molecule has 6 unspecified atom stereocenters. The van der Waals surface area contributed by atoms with Crippen molar-refractivity contribution in [3.63, 3.8) is 0 Å². The van der Waals surface area contributed by atoms with Gasteiger partial charge in [-0.05, 0) is 133 Å². The van der Waals surface area contributed by atoms with Crippen molar-refractivity contribution in [3.05, 3.63) is 94.6 Å². The van der Waals surface area contributed by atoms with Gasteiger partial charge < -0.3 is 9.80 Å². The normalized spacial score (nSPS) is 39.2. The lowest BCUT2D eigenvalue weighted by molar-refractivity contribution is 0.130. The zero-order chi connectivity index (χ0) is 29.0. The van der Waals surface area contributed by atoms with Crippen LogP contribution in [-0.4, -0.2) is 27.9 Å². The molecule has 2 aliphatic heterocycles. The van der Waals surface area contributed by atoms with Crippen molar-refractivity contribution in [2.75, 3.05) is 0 Å². The molecule has 2 nitrogen and oxygen atoms in total. The minimum atomic E-state index is 0.577. The van der Waals surface area contributed by atoms with Gasteiger partial charge in [0.2, 0.25) is 0 Å². The summed E-state index contributed by atoms with van der Waals surface area (Å²) in [5.41, 5.74) is 10.4. The number of fused-ring (bicyclic) bond motifs is 5. The molecule has 0 bridgehead atoms. The molecule has 0 aromatic heterocycles. The van der Waals surface area contributed by atoms with Crippen LogP contribution in [0.4, 0.5) is 0 Å². The van der Waals surface area contributed by atoms with E-state index in [1.54, 1.807) is 28.2 Å². The van der Waals surface area contributed by atoms with E-state index >= 15 is 0 Å². The summed E-state index contributed by atoms with van der Waals surface area (Å²) in [6, 6.07) is 2.01. The number of rotatable bonds is 5. The zero-order valence-electron chi connectivity index (χ0n) is 27.0. The molecule has 7 aliphatic carbocycles. The Balaban J connectivity index is 0.981. The summed E-state index contributed by atoms with van der Waals surface area (Å²) in [5.74, 6) is 3.78. The summed E-state index contributed by atoms with van der Waals surface area (Å²) < 4.78 is 0. The van der Waals surface area contributed by atoms with Gasteiger partial charge in [-0.2, -0.15) is 0 Å². The third-order valence-electron chi connectivity index (χ3n) is 13.5. The Kier molecular flexibility index (Phi) is 7.40. The van der Waals surface area contributed by atoms with Gasteiger partial charge in [0.05, 0.1) is 0 Å². The highest BCUT2D eigenvalue weighted by Gasteiger charge is 2.55. The first kappa shape index (κ1) is 27.8. The first-order valence-electron chi connectivity index (χ1n) is 18.9. The molecule has 0 aromatic rings. The van der Waals surface area contributed by atoms with Crippen LogP contribution in [0.3, 0.4) is 0 Å². The second kappa shape index (κ2) is 11.7. The number of allylic oxidation sites excluding steroid dienone is 13. The largest absolute Gasteiger partial charge is 0.366 e. The van der Waals surface area contributed by atoms with E-state index in [0.29, 0.717) is 12.1 Å². The molecule has 2 heteroatoms. The Labute approximate surface area is 267 Å². The number of hydrogen-bond acceptors (Lipinski definition) is 2. The molecule has 9 rings (SSSR count). The second-order valence-electron chi connectivity index (χ2n) is 15.7. The van der Waals surface area contributed by atoms with Gasteiger partial charge in [0.1, 0.15) is 0 Å². The molecule has 1 saturated carbocycles. The molecular weight excluding hydrogens is 532 g/mol. The van der Waals surface area contributed by atoms with Crippen LogP contribution in [0.1, 0.15) is 116 Å². The van der Waals surface area contributed by atoms with E-state index in [1.165, 1.54) is 116 Å². The van der Waals surface area contributed by atoms with Crippen LogP contribution >= 0.6 is 0 Å². The fraction of sp³-hybridized carbons (Fsp3) is 0.619. The smallest absolute Gasteiger partial charge is 0.0478 e. The van der Waals surface area contributed by atoms with Crippen molar-refractivity contribution in [2.24, 2.45) is 29.6 Å². The van der Waals surface area contributed by atoms with Crippen molar-refractivity contribution in [2.45, 2.75) is 134 Å². The van der Waals surface area contributed by atoms with E-state index in [0.717, 1.165) is 35.6 Å². The molecule has 0 N–H and O–H groups in total. The Morgan fingerprint density at radius 1 is 0.750 bits per heavy atom. The van der Waals surface area contributed by atoms with Crippen LogP contribution in [0.2, 0.25) is 0 Å². The van der Waals surface area contributed by atoms with Gasteiger partial charge >= 0.3 is 0 Å². The van der Waals surface area contributed by atoms with E-state index < -0.39 is 0 Å². The van der Waals surface area contributed by atoms with E-state index in [2.05, 4.69) is 70.6 Å². The van der Waals surface area contributed by atoms with Gasteiger partial charge in [-0.15, -0.1) is 0 Å². The summed E-state index contributed by atoms with van der Waals surface area (Å²) in [6.45, 7) is 0. The van der Waals surface area contributed by atoms with Crippen LogP contribution < -0.4 is 0 Å². The average Bonchev–Trinajstić information content (AvgIpc) is 3.62.